The van der Waals surface area contributed by atoms with E-state index in [4.69, 9.17) is 0 Å². The molecule has 1 saturated carbocycles. The van der Waals surface area contributed by atoms with Gasteiger partial charge in [-0.3, -0.25) is 0 Å². The zero-order chi connectivity index (χ0) is 8.10. The van der Waals surface area contributed by atoms with Crippen molar-refractivity contribution in [2.75, 3.05) is 5.75 Å². The van der Waals surface area contributed by atoms with Crippen LogP contribution >= 0.6 is 11.8 Å². The van der Waals surface area contributed by atoms with E-state index in [1.807, 2.05) is 0 Å². The molecule has 0 aromatic rings. The van der Waals surface area contributed by atoms with E-state index in [1.54, 1.807) is 0 Å². The third-order valence-electron chi connectivity index (χ3n) is 2.20. The van der Waals surface area contributed by atoms with E-state index in [1.165, 1.54) is 25.0 Å². The van der Waals surface area contributed by atoms with Gasteiger partial charge in [-0.25, -0.2) is 0 Å². The fourth-order valence-electron chi connectivity index (χ4n) is 1.50. The van der Waals surface area contributed by atoms with Crippen LogP contribution in [0.25, 0.3) is 0 Å². The van der Waals surface area contributed by atoms with Crippen LogP contribution in [0.2, 0.25) is 0 Å². The Kier molecular flexibility index (Phi) is 4.31. The van der Waals surface area contributed by atoms with Crippen molar-refractivity contribution < 1.29 is 5.11 Å². The summed E-state index contributed by atoms with van der Waals surface area (Å²) in [6.07, 6.45) is 5.80. The quantitative estimate of drug-likeness (QED) is 0.709. The molecule has 1 fully saturated rings. The highest BCUT2D eigenvalue weighted by molar-refractivity contribution is 7.99. The Morgan fingerprint density at radius 2 is 1.91 bits per heavy atom. The van der Waals surface area contributed by atoms with Crippen molar-refractivity contribution in [3.63, 3.8) is 0 Å². The van der Waals surface area contributed by atoms with Crippen LogP contribution in [0, 0.1) is 0 Å². The Labute approximate surface area is 73.6 Å². The van der Waals surface area contributed by atoms with Crippen molar-refractivity contribution in [1.29, 1.82) is 0 Å². The molecular weight excluding hydrogens is 156 g/mol. The largest absolute Gasteiger partial charge is 0.393 e. The molecule has 1 N–H and O–H groups in total. The zero-order valence-electron chi connectivity index (χ0n) is 7.25. The summed E-state index contributed by atoms with van der Waals surface area (Å²) in [5.74, 6) is 1.29. The normalized spacial score (nSPS) is 32.2. The summed E-state index contributed by atoms with van der Waals surface area (Å²) in [4.78, 5) is 0. The molecule has 1 rings (SSSR count). The van der Waals surface area contributed by atoms with E-state index in [9.17, 15) is 5.11 Å². The molecular formula is C9H18OS. The molecule has 1 aliphatic carbocycles. The van der Waals surface area contributed by atoms with Crippen molar-refractivity contribution in [2.24, 2.45) is 0 Å². The summed E-state index contributed by atoms with van der Waals surface area (Å²) in [6, 6.07) is 0. The van der Waals surface area contributed by atoms with Crippen molar-refractivity contribution in [2.45, 2.75) is 50.4 Å². The van der Waals surface area contributed by atoms with Gasteiger partial charge in [0.15, 0.2) is 0 Å². The number of hydrogen-bond acceptors (Lipinski definition) is 2. The molecule has 0 saturated heterocycles. The Morgan fingerprint density at radius 3 is 2.45 bits per heavy atom. The van der Waals surface area contributed by atoms with Gasteiger partial charge in [-0.15, -0.1) is 0 Å². The monoisotopic (exact) mass is 174 g/mol. The predicted octanol–water partition coefficient (Wildman–Crippen LogP) is 2.43. The lowest BCUT2D eigenvalue weighted by atomic mass is 9.97. The van der Waals surface area contributed by atoms with Gasteiger partial charge in [0.1, 0.15) is 0 Å². The van der Waals surface area contributed by atoms with Crippen LogP contribution in [0.5, 0.6) is 0 Å². The highest BCUT2D eigenvalue weighted by Gasteiger charge is 2.18. The molecule has 1 aliphatic rings. The standard InChI is InChI=1S/C9H18OS/c1-2-7-11-9-5-3-8(10)4-6-9/h8-10H,2-7H2,1H3. The van der Waals surface area contributed by atoms with E-state index in [-0.39, 0.29) is 6.10 Å². The molecule has 0 spiro atoms. The third kappa shape index (κ3) is 3.48. The summed E-state index contributed by atoms with van der Waals surface area (Å²) >= 11 is 2.09. The average Bonchev–Trinajstić information content (AvgIpc) is 2.04. The molecule has 0 bridgehead atoms. The van der Waals surface area contributed by atoms with Crippen LogP contribution in [-0.2, 0) is 0 Å². The van der Waals surface area contributed by atoms with Crippen LogP contribution in [0.3, 0.4) is 0 Å². The smallest absolute Gasteiger partial charge is 0.0541 e. The second-order valence-electron chi connectivity index (χ2n) is 3.30. The maximum Gasteiger partial charge on any atom is 0.0541 e. The van der Waals surface area contributed by atoms with Gasteiger partial charge in [0.05, 0.1) is 6.10 Å². The summed E-state index contributed by atoms with van der Waals surface area (Å²) < 4.78 is 0. The fraction of sp³-hybridized carbons (Fsp3) is 1.00. The van der Waals surface area contributed by atoms with Crippen molar-refractivity contribution in [3.8, 4) is 0 Å². The van der Waals surface area contributed by atoms with Crippen LogP contribution in [0.15, 0.2) is 0 Å². The van der Waals surface area contributed by atoms with Crippen LogP contribution < -0.4 is 0 Å². The molecule has 11 heavy (non-hydrogen) atoms. The van der Waals surface area contributed by atoms with Crippen LogP contribution in [0.1, 0.15) is 39.0 Å². The van der Waals surface area contributed by atoms with Gasteiger partial charge in [0.2, 0.25) is 0 Å². The van der Waals surface area contributed by atoms with Crippen LogP contribution in [-0.4, -0.2) is 22.2 Å². The number of rotatable bonds is 3. The Morgan fingerprint density at radius 1 is 1.27 bits per heavy atom. The van der Waals surface area contributed by atoms with Gasteiger partial charge in [0.25, 0.3) is 0 Å². The van der Waals surface area contributed by atoms with Gasteiger partial charge in [-0.2, -0.15) is 11.8 Å². The summed E-state index contributed by atoms with van der Waals surface area (Å²) in [5.41, 5.74) is 0. The molecule has 0 radical (unpaired) electrons. The molecule has 1 nitrogen and oxygen atoms in total. The highest BCUT2D eigenvalue weighted by atomic mass is 32.2. The van der Waals surface area contributed by atoms with E-state index in [0.717, 1.165) is 18.1 Å². The zero-order valence-corrected chi connectivity index (χ0v) is 8.07. The molecule has 0 atom stereocenters. The van der Waals surface area contributed by atoms with Gasteiger partial charge in [-0.1, -0.05) is 6.92 Å². The molecule has 0 aromatic heterocycles. The predicted molar refractivity (Wildman–Crippen MR) is 51.0 cm³/mol. The maximum atomic E-state index is 9.24. The first-order valence-corrected chi connectivity index (χ1v) is 5.67. The molecule has 0 unspecified atom stereocenters. The number of hydrogen-bond donors (Lipinski definition) is 1. The minimum atomic E-state index is 0.00785. The maximum absolute atomic E-state index is 9.24. The number of thioether (sulfide) groups is 1. The number of aliphatic hydroxyl groups is 1. The molecule has 0 heterocycles. The minimum absolute atomic E-state index is 0.00785. The van der Waals surface area contributed by atoms with E-state index < -0.39 is 0 Å². The van der Waals surface area contributed by atoms with Gasteiger partial charge < -0.3 is 5.11 Å². The summed E-state index contributed by atoms with van der Waals surface area (Å²) in [5, 5.41) is 10.1. The first-order valence-electron chi connectivity index (χ1n) is 4.62. The van der Waals surface area contributed by atoms with Gasteiger partial charge in [-0.05, 0) is 37.9 Å². The lowest BCUT2D eigenvalue weighted by Crippen LogP contribution is -2.19. The molecule has 0 amide bonds. The SMILES string of the molecule is CCCSC1CCC(O)CC1. The van der Waals surface area contributed by atoms with E-state index in [0.29, 0.717) is 0 Å². The van der Waals surface area contributed by atoms with E-state index in [2.05, 4.69) is 18.7 Å². The molecule has 0 aromatic carbocycles. The second-order valence-corrected chi connectivity index (χ2v) is 4.71. The first kappa shape index (κ1) is 9.40. The van der Waals surface area contributed by atoms with Gasteiger partial charge in [0, 0.05) is 5.25 Å². The van der Waals surface area contributed by atoms with E-state index >= 15 is 0 Å². The molecule has 0 aliphatic heterocycles. The Bertz CT molecular complexity index is 95.0. The highest BCUT2D eigenvalue weighted by Crippen LogP contribution is 2.28. The lowest BCUT2D eigenvalue weighted by molar-refractivity contribution is 0.132. The Balaban J connectivity index is 2.07. The molecule has 66 valence electrons. The van der Waals surface area contributed by atoms with Crippen molar-refractivity contribution >= 4 is 11.8 Å². The lowest BCUT2D eigenvalue weighted by Gasteiger charge is -2.24. The average molecular weight is 174 g/mol. The molecule has 2 heteroatoms. The van der Waals surface area contributed by atoms with Gasteiger partial charge >= 0.3 is 0 Å². The first-order chi connectivity index (χ1) is 5.33. The minimum Gasteiger partial charge on any atom is -0.393 e. The van der Waals surface area contributed by atoms with Crippen LogP contribution in [0.4, 0.5) is 0 Å². The summed E-state index contributed by atoms with van der Waals surface area (Å²) in [6.45, 7) is 2.23. The summed E-state index contributed by atoms with van der Waals surface area (Å²) in [7, 11) is 0. The van der Waals surface area contributed by atoms with Crippen molar-refractivity contribution in [3.05, 3.63) is 0 Å². The fourth-order valence-corrected chi connectivity index (χ4v) is 2.67. The topological polar surface area (TPSA) is 20.2 Å². The second kappa shape index (κ2) is 5.04. The van der Waals surface area contributed by atoms with Crippen molar-refractivity contribution in [1.82, 2.24) is 0 Å². The third-order valence-corrected chi connectivity index (χ3v) is 3.79. The Hall–Kier alpha value is 0.310. The number of aliphatic hydroxyl groups excluding tert-OH is 1.